The summed E-state index contributed by atoms with van der Waals surface area (Å²) in [4.78, 5) is 12.3. The van der Waals surface area contributed by atoms with Crippen LogP contribution in [0.2, 0.25) is 5.22 Å². The first kappa shape index (κ1) is 13.0. The molecule has 1 aromatic rings. The first-order valence-corrected chi connectivity index (χ1v) is 7.16. The fraction of sp³-hybridized carbons (Fsp3) is 0.583. The minimum atomic E-state index is -0.153. The summed E-state index contributed by atoms with van der Waals surface area (Å²) in [5, 5.41) is 3.18. The molecule has 5 heteroatoms. The average molecular weight is 321 g/mol. The number of hydrogen-bond acceptors (Lipinski definition) is 2. The molecule has 17 heavy (non-hydrogen) atoms. The van der Waals surface area contributed by atoms with E-state index in [-0.39, 0.29) is 17.2 Å². The van der Waals surface area contributed by atoms with Gasteiger partial charge in [-0.3, -0.25) is 4.79 Å². The molecule has 2 atom stereocenters. The maximum atomic E-state index is 12.0. The SMILES string of the molecule is O=C(NC1CCCCCC1Br)c1ccoc1Cl. The van der Waals surface area contributed by atoms with E-state index in [1.165, 1.54) is 19.1 Å². The second-order valence-electron chi connectivity index (χ2n) is 4.34. The van der Waals surface area contributed by atoms with Crippen molar-refractivity contribution in [1.29, 1.82) is 0 Å². The Morgan fingerprint density at radius 1 is 1.41 bits per heavy atom. The lowest BCUT2D eigenvalue weighted by Gasteiger charge is -2.21. The zero-order chi connectivity index (χ0) is 12.3. The maximum Gasteiger partial charge on any atom is 0.256 e. The van der Waals surface area contributed by atoms with Crippen LogP contribution < -0.4 is 5.32 Å². The molecule has 1 saturated carbocycles. The first-order valence-electron chi connectivity index (χ1n) is 5.86. The van der Waals surface area contributed by atoms with E-state index in [1.54, 1.807) is 6.07 Å². The smallest absolute Gasteiger partial charge is 0.256 e. The van der Waals surface area contributed by atoms with Crippen LogP contribution in [-0.4, -0.2) is 16.8 Å². The third-order valence-electron chi connectivity index (χ3n) is 3.11. The topological polar surface area (TPSA) is 42.2 Å². The number of carbonyl (C=O) groups excluding carboxylic acids is 1. The first-order chi connectivity index (χ1) is 8.18. The van der Waals surface area contributed by atoms with Crippen LogP contribution in [0.15, 0.2) is 16.7 Å². The Morgan fingerprint density at radius 2 is 2.18 bits per heavy atom. The minimum absolute atomic E-state index is 0.153. The fourth-order valence-corrected chi connectivity index (χ4v) is 3.05. The monoisotopic (exact) mass is 319 g/mol. The van der Waals surface area contributed by atoms with Crippen molar-refractivity contribution < 1.29 is 9.21 Å². The average Bonchev–Trinajstić information content (AvgIpc) is 2.63. The minimum Gasteiger partial charge on any atom is -0.452 e. The van der Waals surface area contributed by atoms with E-state index in [9.17, 15) is 4.79 Å². The van der Waals surface area contributed by atoms with Crippen molar-refractivity contribution in [1.82, 2.24) is 5.32 Å². The number of nitrogens with one attached hydrogen (secondary N) is 1. The lowest BCUT2D eigenvalue weighted by atomic mass is 10.1. The molecule has 2 unspecified atom stereocenters. The normalized spacial score (nSPS) is 25.3. The lowest BCUT2D eigenvalue weighted by molar-refractivity contribution is 0.0934. The molecule has 0 radical (unpaired) electrons. The van der Waals surface area contributed by atoms with Gasteiger partial charge in [-0.05, 0) is 30.5 Å². The van der Waals surface area contributed by atoms with Crippen molar-refractivity contribution >= 4 is 33.4 Å². The van der Waals surface area contributed by atoms with E-state index in [4.69, 9.17) is 16.0 Å². The van der Waals surface area contributed by atoms with Crippen LogP contribution >= 0.6 is 27.5 Å². The van der Waals surface area contributed by atoms with Crippen LogP contribution in [0.25, 0.3) is 0 Å². The van der Waals surface area contributed by atoms with Crippen molar-refractivity contribution in [3.05, 3.63) is 23.1 Å². The van der Waals surface area contributed by atoms with Gasteiger partial charge < -0.3 is 9.73 Å². The summed E-state index contributed by atoms with van der Waals surface area (Å²) < 4.78 is 4.92. The van der Waals surface area contributed by atoms with Crippen molar-refractivity contribution in [2.45, 2.75) is 43.0 Å². The highest BCUT2D eigenvalue weighted by atomic mass is 79.9. The second-order valence-corrected chi connectivity index (χ2v) is 5.86. The standard InChI is InChI=1S/C12H15BrClNO2/c13-9-4-2-1-3-5-10(9)15-12(16)8-6-7-17-11(8)14/h6-7,9-10H,1-5H2,(H,15,16). The van der Waals surface area contributed by atoms with E-state index in [0.29, 0.717) is 10.4 Å². The Kier molecular flexibility index (Phi) is 4.51. The van der Waals surface area contributed by atoms with Crippen LogP contribution in [0.4, 0.5) is 0 Å². The Morgan fingerprint density at radius 3 is 2.88 bits per heavy atom. The van der Waals surface area contributed by atoms with Crippen LogP contribution in [0.1, 0.15) is 42.5 Å². The van der Waals surface area contributed by atoms with Gasteiger partial charge in [-0.15, -0.1) is 0 Å². The molecule has 0 aromatic carbocycles. The predicted molar refractivity (Wildman–Crippen MR) is 70.8 cm³/mol. The number of rotatable bonds is 2. The molecule has 2 rings (SSSR count). The van der Waals surface area contributed by atoms with E-state index < -0.39 is 0 Å². The largest absolute Gasteiger partial charge is 0.452 e. The Hall–Kier alpha value is -0.480. The van der Waals surface area contributed by atoms with E-state index in [1.807, 2.05) is 0 Å². The number of amides is 1. The maximum absolute atomic E-state index is 12.0. The predicted octanol–water partition coefficient (Wildman–Crippen LogP) is 3.76. The number of hydrogen-bond donors (Lipinski definition) is 1. The van der Waals surface area contributed by atoms with Crippen molar-refractivity contribution in [3.8, 4) is 0 Å². The van der Waals surface area contributed by atoms with Crippen LogP contribution in [0.5, 0.6) is 0 Å². The van der Waals surface area contributed by atoms with E-state index in [0.717, 1.165) is 19.3 Å². The van der Waals surface area contributed by atoms with Gasteiger partial charge in [0.15, 0.2) is 0 Å². The molecular formula is C12H15BrClNO2. The van der Waals surface area contributed by atoms with Gasteiger partial charge >= 0.3 is 0 Å². The van der Waals surface area contributed by atoms with Crippen LogP contribution in [-0.2, 0) is 0 Å². The molecule has 1 N–H and O–H groups in total. The Labute approximate surface area is 114 Å². The molecule has 1 heterocycles. The quantitative estimate of drug-likeness (QED) is 0.666. The van der Waals surface area contributed by atoms with Crippen molar-refractivity contribution in [2.24, 2.45) is 0 Å². The van der Waals surface area contributed by atoms with Crippen molar-refractivity contribution in [2.75, 3.05) is 0 Å². The molecule has 0 aliphatic heterocycles. The van der Waals surface area contributed by atoms with Crippen LogP contribution in [0, 0.1) is 0 Å². The molecule has 1 amide bonds. The Bertz CT molecular complexity index is 394. The van der Waals surface area contributed by atoms with Gasteiger partial charge in [-0.25, -0.2) is 0 Å². The molecule has 0 spiro atoms. The van der Waals surface area contributed by atoms with Gasteiger partial charge in [0.2, 0.25) is 5.22 Å². The third-order valence-corrected chi connectivity index (χ3v) is 4.50. The summed E-state index contributed by atoms with van der Waals surface area (Å²) in [5.41, 5.74) is 0.413. The number of carbonyl (C=O) groups is 1. The van der Waals surface area contributed by atoms with Crippen molar-refractivity contribution in [3.63, 3.8) is 0 Å². The van der Waals surface area contributed by atoms with Gasteiger partial charge in [0.25, 0.3) is 5.91 Å². The van der Waals surface area contributed by atoms with Gasteiger partial charge in [0.05, 0.1) is 11.8 Å². The lowest BCUT2D eigenvalue weighted by Crippen LogP contribution is -2.40. The summed E-state index contributed by atoms with van der Waals surface area (Å²) in [5.74, 6) is -0.153. The zero-order valence-corrected chi connectivity index (χ0v) is 11.8. The molecule has 0 bridgehead atoms. The zero-order valence-electron chi connectivity index (χ0n) is 9.42. The summed E-state index contributed by atoms with van der Waals surface area (Å²) in [7, 11) is 0. The van der Waals surface area contributed by atoms with Gasteiger partial charge in [-0.2, -0.15) is 0 Å². The second kappa shape index (κ2) is 5.91. The highest BCUT2D eigenvalue weighted by Crippen LogP contribution is 2.24. The molecule has 1 aromatic heterocycles. The van der Waals surface area contributed by atoms with Crippen LogP contribution in [0.3, 0.4) is 0 Å². The molecule has 94 valence electrons. The molecular weight excluding hydrogens is 305 g/mol. The number of furan rings is 1. The van der Waals surface area contributed by atoms with E-state index >= 15 is 0 Å². The molecule has 1 fully saturated rings. The van der Waals surface area contributed by atoms with Gasteiger partial charge in [0, 0.05) is 10.9 Å². The van der Waals surface area contributed by atoms with Gasteiger partial charge in [0.1, 0.15) is 0 Å². The molecule has 3 nitrogen and oxygen atoms in total. The molecule has 1 aliphatic rings. The van der Waals surface area contributed by atoms with E-state index in [2.05, 4.69) is 21.2 Å². The molecule has 0 saturated heterocycles. The number of alkyl halides is 1. The third kappa shape index (κ3) is 3.26. The highest BCUT2D eigenvalue weighted by Gasteiger charge is 2.24. The Balaban J connectivity index is 2.00. The summed E-state index contributed by atoms with van der Waals surface area (Å²) in [6.45, 7) is 0. The van der Waals surface area contributed by atoms with Gasteiger partial charge in [-0.1, -0.05) is 35.2 Å². The summed E-state index contributed by atoms with van der Waals surface area (Å²) in [6, 6.07) is 1.77. The fourth-order valence-electron chi connectivity index (χ4n) is 2.13. The number of halogens is 2. The summed E-state index contributed by atoms with van der Waals surface area (Å²) in [6.07, 6.45) is 7.15. The molecule has 1 aliphatic carbocycles. The highest BCUT2D eigenvalue weighted by molar-refractivity contribution is 9.09. The summed E-state index contributed by atoms with van der Waals surface area (Å²) >= 11 is 9.43.